The van der Waals surface area contributed by atoms with Crippen LogP contribution in [0.15, 0.2) is 35.4 Å². The zero-order valence-electron chi connectivity index (χ0n) is 17.6. The Morgan fingerprint density at radius 2 is 2.03 bits per heavy atom. The molecule has 30 heavy (non-hydrogen) atoms. The molecule has 2 unspecified atom stereocenters. The molecular weight excluding hydrogens is 400 g/mol. The number of morpholine rings is 1. The van der Waals surface area contributed by atoms with Crippen LogP contribution in [0, 0.1) is 0 Å². The van der Waals surface area contributed by atoms with E-state index in [1.165, 1.54) is 6.92 Å². The molecule has 2 atom stereocenters. The molecule has 4 rings (SSSR count). The van der Waals surface area contributed by atoms with Gasteiger partial charge < -0.3 is 14.6 Å². The normalized spacial score (nSPS) is 19.9. The smallest absolute Gasteiger partial charge is 0.259 e. The lowest BCUT2D eigenvalue weighted by atomic mass is 10.1. The number of carbonyl (C=O) groups excluding carboxylic acids is 1. The van der Waals surface area contributed by atoms with Crippen LogP contribution in [0.3, 0.4) is 0 Å². The maximum Gasteiger partial charge on any atom is 0.259 e. The zero-order valence-corrected chi connectivity index (χ0v) is 18.5. The minimum absolute atomic E-state index is 0.00420. The number of nitrogens with zero attached hydrogens (tertiary/aromatic N) is 3. The van der Waals surface area contributed by atoms with Crippen molar-refractivity contribution in [3.05, 3.63) is 45.8 Å². The summed E-state index contributed by atoms with van der Waals surface area (Å²) in [5.41, 5.74) is 1.87. The van der Waals surface area contributed by atoms with Crippen LogP contribution < -0.4 is 10.9 Å². The largest absolute Gasteiger partial charge is 0.378 e. The fourth-order valence-corrected chi connectivity index (χ4v) is 5.15. The van der Waals surface area contributed by atoms with Gasteiger partial charge >= 0.3 is 0 Å². The van der Waals surface area contributed by atoms with Crippen molar-refractivity contribution in [3.63, 3.8) is 0 Å². The molecule has 4 heterocycles. The molecular formula is C22H26N4O3S. The second-order valence-electron chi connectivity index (χ2n) is 7.93. The van der Waals surface area contributed by atoms with E-state index in [0.717, 1.165) is 45.8 Å². The minimum atomic E-state index is -0.169. The van der Waals surface area contributed by atoms with Gasteiger partial charge in [-0.1, -0.05) is 0 Å². The van der Waals surface area contributed by atoms with Gasteiger partial charge in [0.15, 0.2) is 0 Å². The van der Waals surface area contributed by atoms with Gasteiger partial charge in [-0.25, -0.2) is 4.98 Å². The van der Waals surface area contributed by atoms with Crippen molar-refractivity contribution in [3.8, 4) is 11.1 Å². The molecule has 1 aliphatic rings. The Kier molecular flexibility index (Phi) is 5.73. The number of carbonyl (C=O) groups is 1. The van der Waals surface area contributed by atoms with E-state index in [4.69, 9.17) is 4.74 Å². The number of hydrogen-bond donors (Lipinski definition) is 1. The van der Waals surface area contributed by atoms with E-state index < -0.39 is 0 Å². The van der Waals surface area contributed by atoms with Crippen molar-refractivity contribution < 1.29 is 9.53 Å². The van der Waals surface area contributed by atoms with Crippen LogP contribution in [0.1, 0.15) is 25.6 Å². The van der Waals surface area contributed by atoms with Crippen molar-refractivity contribution in [2.75, 3.05) is 18.5 Å². The van der Waals surface area contributed by atoms with Crippen LogP contribution in [0.5, 0.6) is 0 Å². The first-order valence-electron chi connectivity index (χ1n) is 10.0. The van der Waals surface area contributed by atoms with Crippen LogP contribution in [0.25, 0.3) is 21.2 Å². The SMILES string of the molecule is CC(=O)Nc1cc(-c2cn(C)c(=O)c3cc(CN4C(C)COCC4C)sc23)ccn1. The van der Waals surface area contributed by atoms with Crippen molar-refractivity contribution in [2.45, 2.75) is 39.4 Å². The highest BCUT2D eigenvalue weighted by atomic mass is 32.1. The van der Waals surface area contributed by atoms with E-state index >= 15 is 0 Å². The molecule has 3 aromatic rings. The summed E-state index contributed by atoms with van der Waals surface area (Å²) in [6.07, 6.45) is 3.53. The molecule has 158 valence electrons. The third-order valence-electron chi connectivity index (χ3n) is 5.47. The van der Waals surface area contributed by atoms with Gasteiger partial charge in [0.2, 0.25) is 5.91 Å². The second kappa shape index (κ2) is 8.29. The van der Waals surface area contributed by atoms with E-state index in [0.29, 0.717) is 17.9 Å². The number of aromatic nitrogens is 2. The Labute approximate surface area is 179 Å². The highest BCUT2D eigenvalue weighted by molar-refractivity contribution is 7.19. The molecule has 7 nitrogen and oxygen atoms in total. The molecule has 8 heteroatoms. The van der Waals surface area contributed by atoms with Gasteiger partial charge in [-0.05, 0) is 37.6 Å². The van der Waals surface area contributed by atoms with Crippen LogP contribution in [0.4, 0.5) is 5.82 Å². The summed E-state index contributed by atoms with van der Waals surface area (Å²) in [6.45, 7) is 8.05. The molecule has 1 fully saturated rings. The van der Waals surface area contributed by atoms with Crippen LogP contribution in [-0.4, -0.2) is 45.7 Å². The summed E-state index contributed by atoms with van der Waals surface area (Å²) in [5, 5.41) is 3.45. The Morgan fingerprint density at radius 3 is 2.73 bits per heavy atom. The van der Waals surface area contributed by atoms with Crippen molar-refractivity contribution in [1.82, 2.24) is 14.5 Å². The third-order valence-corrected chi connectivity index (χ3v) is 6.62. The Bertz CT molecular complexity index is 1140. The Hall–Kier alpha value is -2.55. The summed E-state index contributed by atoms with van der Waals surface area (Å²) >= 11 is 1.66. The first-order valence-corrected chi connectivity index (χ1v) is 10.8. The van der Waals surface area contributed by atoms with Crippen molar-refractivity contribution >= 4 is 33.1 Å². The molecule has 1 saturated heterocycles. The third kappa shape index (κ3) is 4.03. The lowest BCUT2D eigenvalue weighted by molar-refractivity contribution is -0.114. The van der Waals surface area contributed by atoms with Crippen LogP contribution in [0.2, 0.25) is 0 Å². The van der Waals surface area contributed by atoms with E-state index in [1.54, 1.807) is 29.1 Å². The summed E-state index contributed by atoms with van der Waals surface area (Å²) in [6, 6.07) is 6.43. The van der Waals surface area contributed by atoms with Gasteiger partial charge in [0.25, 0.3) is 5.56 Å². The first kappa shape index (κ1) is 20.7. The van der Waals surface area contributed by atoms with Gasteiger partial charge in [-0.2, -0.15) is 0 Å². The molecule has 0 aliphatic carbocycles. The highest BCUT2D eigenvalue weighted by Crippen LogP contribution is 2.35. The summed E-state index contributed by atoms with van der Waals surface area (Å²) < 4.78 is 8.22. The predicted molar refractivity (Wildman–Crippen MR) is 120 cm³/mol. The summed E-state index contributed by atoms with van der Waals surface area (Å²) in [5.74, 6) is 0.326. The molecule has 1 aliphatic heterocycles. The van der Waals surface area contributed by atoms with E-state index in [1.807, 2.05) is 24.4 Å². The van der Waals surface area contributed by atoms with Gasteiger partial charge in [-0.15, -0.1) is 11.3 Å². The molecule has 0 spiro atoms. The van der Waals surface area contributed by atoms with Crippen LogP contribution >= 0.6 is 11.3 Å². The van der Waals surface area contributed by atoms with Gasteiger partial charge in [-0.3, -0.25) is 14.5 Å². The lowest BCUT2D eigenvalue weighted by Crippen LogP contribution is -2.48. The standard InChI is InChI=1S/C22H26N4O3S/c1-13-11-29-12-14(2)26(13)9-17-8-18-21(30-17)19(10-25(4)22(18)28)16-5-6-23-20(7-16)24-15(3)27/h5-8,10,13-14H,9,11-12H2,1-4H3,(H,23,24,27). The number of pyridine rings is 2. The van der Waals surface area contributed by atoms with Gasteiger partial charge in [0.05, 0.1) is 18.6 Å². The summed E-state index contributed by atoms with van der Waals surface area (Å²) in [7, 11) is 1.77. The zero-order chi connectivity index (χ0) is 21.4. The fourth-order valence-electron chi connectivity index (χ4n) is 3.96. The first-order chi connectivity index (χ1) is 14.3. The van der Waals surface area contributed by atoms with Gasteiger partial charge in [0, 0.05) is 60.1 Å². The average molecular weight is 427 g/mol. The molecule has 0 bridgehead atoms. The number of fused-ring (bicyclic) bond motifs is 1. The number of aryl methyl sites for hydroxylation is 1. The second-order valence-corrected chi connectivity index (χ2v) is 9.07. The van der Waals surface area contributed by atoms with Gasteiger partial charge in [0.1, 0.15) is 5.82 Å². The quantitative estimate of drug-likeness (QED) is 0.693. The minimum Gasteiger partial charge on any atom is -0.378 e. The lowest BCUT2D eigenvalue weighted by Gasteiger charge is -2.38. The fraction of sp³-hybridized carbons (Fsp3) is 0.409. The van der Waals surface area contributed by atoms with E-state index in [2.05, 4.69) is 29.0 Å². The topological polar surface area (TPSA) is 76.5 Å². The Morgan fingerprint density at radius 1 is 1.30 bits per heavy atom. The van der Waals surface area contributed by atoms with E-state index in [-0.39, 0.29) is 11.5 Å². The number of amides is 1. The monoisotopic (exact) mass is 426 g/mol. The van der Waals surface area contributed by atoms with E-state index in [9.17, 15) is 9.59 Å². The molecule has 1 amide bonds. The number of rotatable bonds is 4. The molecule has 0 aromatic carbocycles. The van der Waals surface area contributed by atoms with Crippen molar-refractivity contribution in [2.24, 2.45) is 7.05 Å². The van der Waals surface area contributed by atoms with Crippen LogP contribution in [-0.2, 0) is 23.1 Å². The average Bonchev–Trinajstić information content (AvgIpc) is 3.11. The maximum atomic E-state index is 12.8. The number of anilines is 1. The predicted octanol–water partition coefficient (Wildman–Crippen LogP) is 3.23. The highest BCUT2D eigenvalue weighted by Gasteiger charge is 2.26. The summed E-state index contributed by atoms with van der Waals surface area (Å²) in [4.78, 5) is 32.0. The maximum absolute atomic E-state index is 12.8. The number of nitrogens with one attached hydrogen (secondary N) is 1. The molecule has 0 radical (unpaired) electrons. The Balaban J connectivity index is 1.77. The number of ether oxygens (including phenoxy) is 1. The molecule has 3 aromatic heterocycles. The molecule has 0 saturated carbocycles. The molecule has 1 N–H and O–H groups in total. The van der Waals surface area contributed by atoms with Crippen molar-refractivity contribution in [1.29, 1.82) is 0 Å². The number of hydrogen-bond acceptors (Lipinski definition) is 6. The number of thiophene rings is 1.